The number of likely N-dealkylation sites (tertiary alicyclic amines) is 2. The highest BCUT2D eigenvalue weighted by Crippen LogP contribution is 2.30. The second-order valence-corrected chi connectivity index (χ2v) is 7.38. The zero-order valence-electron chi connectivity index (χ0n) is 16.2. The number of urea groups is 1. The van der Waals surface area contributed by atoms with Gasteiger partial charge in [0, 0.05) is 32.1 Å². The lowest BCUT2D eigenvalue weighted by atomic mass is 10.0. The number of piperidine rings is 1. The highest BCUT2D eigenvalue weighted by atomic mass is 16.5. The zero-order valence-corrected chi connectivity index (χ0v) is 16.2. The van der Waals surface area contributed by atoms with Gasteiger partial charge in [-0.25, -0.2) is 4.79 Å². The van der Waals surface area contributed by atoms with Gasteiger partial charge < -0.3 is 20.3 Å². The number of ether oxygens (including phenoxy) is 1. The van der Waals surface area contributed by atoms with Crippen LogP contribution in [0, 0.1) is 0 Å². The summed E-state index contributed by atoms with van der Waals surface area (Å²) >= 11 is 0. The number of amides is 3. The molecule has 7 heteroatoms. The molecule has 0 aliphatic carbocycles. The lowest BCUT2D eigenvalue weighted by Gasteiger charge is -2.35. The number of hydrogen-bond acceptors (Lipinski definition) is 4. The van der Waals surface area contributed by atoms with Crippen molar-refractivity contribution in [1.82, 2.24) is 20.4 Å². The van der Waals surface area contributed by atoms with Gasteiger partial charge in [-0.1, -0.05) is 24.6 Å². The number of nitrogens with zero attached hydrogens (tertiary/aromatic N) is 2. The molecule has 3 rings (SSSR count). The summed E-state index contributed by atoms with van der Waals surface area (Å²) in [6.07, 6.45) is 3.97. The summed E-state index contributed by atoms with van der Waals surface area (Å²) in [4.78, 5) is 28.1. The Bertz CT molecular complexity index is 660. The number of carbonyl (C=O) groups is 2. The Morgan fingerprint density at radius 1 is 1.26 bits per heavy atom. The molecule has 0 bridgehead atoms. The van der Waals surface area contributed by atoms with E-state index < -0.39 is 0 Å². The minimum Gasteiger partial charge on any atom is -0.496 e. The van der Waals surface area contributed by atoms with Crippen molar-refractivity contribution in [2.24, 2.45) is 0 Å². The van der Waals surface area contributed by atoms with Crippen LogP contribution < -0.4 is 15.4 Å². The van der Waals surface area contributed by atoms with E-state index in [1.807, 2.05) is 18.2 Å². The summed E-state index contributed by atoms with van der Waals surface area (Å²) in [7, 11) is 3.44. The minimum absolute atomic E-state index is 0.0695. The predicted molar refractivity (Wildman–Crippen MR) is 104 cm³/mol. The maximum atomic E-state index is 12.4. The average molecular weight is 374 g/mol. The first-order valence-electron chi connectivity index (χ1n) is 9.73. The molecule has 0 radical (unpaired) electrons. The smallest absolute Gasteiger partial charge is 0.315 e. The van der Waals surface area contributed by atoms with E-state index >= 15 is 0 Å². The van der Waals surface area contributed by atoms with Crippen molar-refractivity contribution in [2.45, 2.75) is 37.8 Å². The predicted octanol–water partition coefficient (Wildman–Crippen LogP) is 1.75. The number of likely N-dealkylation sites (N-methyl/N-ethyl adjacent to an activating group) is 1. The van der Waals surface area contributed by atoms with Crippen LogP contribution in [0.2, 0.25) is 0 Å². The number of rotatable bonds is 6. The van der Waals surface area contributed by atoms with E-state index in [9.17, 15) is 9.59 Å². The molecule has 2 N–H and O–H groups in total. The van der Waals surface area contributed by atoms with Crippen molar-refractivity contribution >= 4 is 11.9 Å². The fourth-order valence-electron chi connectivity index (χ4n) is 3.99. The third kappa shape index (κ3) is 4.91. The maximum absolute atomic E-state index is 12.4. The summed E-state index contributed by atoms with van der Waals surface area (Å²) in [5.41, 5.74) is 1.10. The molecule has 2 unspecified atom stereocenters. The first kappa shape index (κ1) is 19.5. The van der Waals surface area contributed by atoms with Gasteiger partial charge >= 0.3 is 6.03 Å². The van der Waals surface area contributed by atoms with Crippen molar-refractivity contribution in [3.05, 3.63) is 29.8 Å². The Balaban J connectivity index is 1.64. The molecular formula is C20H30N4O3. The number of carbonyl (C=O) groups excluding carboxylic acids is 2. The molecule has 0 spiro atoms. The van der Waals surface area contributed by atoms with Crippen molar-refractivity contribution in [3.63, 3.8) is 0 Å². The van der Waals surface area contributed by atoms with Gasteiger partial charge in [-0.15, -0.1) is 0 Å². The summed E-state index contributed by atoms with van der Waals surface area (Å²) in [5.74, 6) is 0.916. The largest absolute Gasteiger partial charge is 0.496 e. The molecule has 1 aromatic rings. The highest BCUT2D eigenvalue weighted by molar-refractivity contribution is 5.81. The van der Waals surface area contributed by atoms with E-state index in [1.165, 1.54) is 19.3 Å². The Labute approximate surface area is 161 Å². The van der Waals surface area contributed by atoms with Crippen LogP contribution in [0.15, 0.2) is 24.3 Å². The van der Waals surface area contributed by atoms with Crippen LogP contribution >= 0.6 is 0 Å². The monoisotopic (exact) mass is 374 g/mol. The van der Waals surface area contributed by atoms with Crippen LogP contribution in [0.25, 0.3) is 0 Å². The Hall–Kier alpha value is -2.28. The molecule has 2 aliphatic rings. The van der Waals surface area contributed by atoms with Gasteiger partial charge in [-0.2, -0.15) is 0 Å². The minimum atomic E-state index is -0.222. The van der Waals surface area contributed by atoms with Crippen molar-refractivity contribution < 1.29 is 14.3 Å². The standard InChI is InChI=1S/C20H30N4O3/c1-23-14-15(12-19(23)25)22-20(26)21-13-17(24-10-6-3-7-11-24)16-8-4-5-9-18(16)27-2/h4-5,8-9,15,17H,3,6-7,10-14H2,1-2H3,(H2,21,22,26). The molecule has 3 amide bonds. The molecule has 0 saturated carbocycles. The van der Waals surface area contributed by atoms with E-state index in [-0.39, 0.29) is 24.0 Å². The van der Waals surface area contributed by atoms with E-state index in [0.717, 1.165) is 24.4 Å². The van der Waals surface area contributed by atoms with Crippen LogP contribution in [0.3, 0.4) is 0 Å². The van der Waals surface area contributed by atoms with Crippen LogP contribution in [0.5, 0.6) is 5.75 Å². The number of para-hydroxylation sites is 1. The molecule has 27 heavy (non-hydrogen) atoms. The third-order valence-corrected chi connectivity index (χ3v) is 5.46. The molecule has 2 atom stereocenters. The molecule has 2 heterocycles. The summed E-state index contributed by atoms with van der Waals surface area (Å²) in [6.45, 7) is 3.11. The van der Waals surface area contributed by atoms with Gasteiger partial charge in [0.1, 0.15) is 5.75 Å². The Kier molecular flexibility index (Phi) is 6.55. The van der Waals surface area contributed by atoms with Gasteiger partial charge in [-0.05, 0) is 32.0 Å². The molecule has 0 aromatic heterocycles. The highest BCUT2D eigenvalue weighted by Gasteiger charge is 2.29. The fourth-order valence-corrected chi connectivity index (χ4v) is 3.99. The first-order valence-corrected chi connectivity index (χ1v) is 9.73. The van der Waals surface area contributed by atoms with E-state index in [1.54, 1.807) is 19.1 Å². The van der Waals surface area contributed by atoms with Crippen molar-refractivity contribution in [3.8, 4) is 5.75 Å². The van der Waals surface area contributed by atoms with E-state index in [4.69, 9.17) is 4.74 Å². The second kappa shape index (κ2) is 9.08. The quantitative estimate of drug-likeness (QED) is 0.796. The molecular weight excluding hydrogens is 344 g/mol. The van der Waals surface area contributed by atoms with Crippen molar-refractivity contribution in [2.75, 3.05) is 40.3 Å². The van der Waals surface area contributed by atoms with E-state index in [0.29, 0.717) is 19.5 Å². The zero-order chi connectivity index (χ0) is 19.2. The number of hydrogen-bond donors (Lipinski definition) is 2. The molecule has 7 nitrogen and oxygen atoms in total. The number of benzene rings is 1. The van der Waals surface area contributed by atoms with Gasteiger partial charge in [-0.3, -0.25) is 9.69 Å². The average Bonchev–Trinajstić information content (AvgIpc) is 3.00. The van der Waals surface area contributed by atoms with E-state index in [2.05, 4.69) is 21.6 Å². The molecule has 2 saturated heterocycles. The van der Waals surface area contributed by atoms with Gasteiger partial charge in [0.2, 0.25) is 5.91 Å². The molecule has 2 fully saturated rings. The fraction of sp³-hybridized carbons (Fsp3) is 0.600. The van der Waals surface area contributed by atoms with Crippen LogP contribution in [-0.2, 0) is 4.79 Å². The van der Waals surface area contributed by atoms with Gasteiger partial charge in [0.15, 0.2) is 0 Å². The molecule has 1 aromatic carbocycles. The molecule has 148 valence electrons. The summed E-state index contributed by atoms with van der Waals surface area (Å²) in [6, 6.07) is 7.73. The van der Waals surface area contributed by atoms with Crippen molar-refractivity contribution in [1.29, 1.82) is 0 Å². The van der Waals surface area contributed by atoms with Gasteiger partial charge in [0.05, 0.1) is 19.2 Å². The number of methoxy groups -OCH3 is 1. The first-order chi connectivity index (χ1) is 13.1. The van der Waals surface area contributed by atoms with Gasteiger partial charge in [0.25, 0.3) is 0 Å². The SMILES string of the molecule is COc1ccccc1C(CNC(=O)NC1CC(=O)N(C)C1)N1CCCCC1. The van der Waals surface area contributed by atoms with Crippen LogP contribution in [0.4, 0.5) is 4.79 Å². The molecule has 2 aliphatic heterocycles. The topological polar surface area (TPSA) is 73.9 Å². The Morgan fingerprint density at radius 3 is 2.67 bits per heavy atom. The Morgan fingerprint density at radius 2 is 2.00 bits per heavy atom. The maximum Gasteiger partial charge on any atom is 0.315 e. The van der Waals surface area contributed by atoms with Crippen LogP contribution in [0.1, 0.15) is 37.3 Å². The third-order valence-electron chi connectivity index (χ3n) is 5.46. The number of nitrogens with one attached hydrogen (secondary N) is 2. The normalized spacial score (nSPS) is 21.8. The van der Waals surface area contributed by atoms with Crippen LogP contribution in [-0.4, -0.2) is 68.1 Å². The lowest BCUT2D eigenvalue weighted by molar-refractivity contribution is -0.126. The summed E-state index contributed by atoms with van der Waals surface area (Å²) < 4.78 is 5.56. The lowest BCUT2D eigenvalue weighted by Crippen LogP contribution is -2.47. The second-order valence-electron chi connectivity index (χ2n) is 7.38. The summed E-state index contributed by atoms with van der Waals surface area (Å²) in [5, 5.41) is 5.93.